The molecule has 92 valence electrons. The number of aromatic nitrogens is 1. The molecule has 2 rings (SSSR count). The number of hydrogen-bond donors (Lipinski definition) is 1. The van der Waals surface area contributed by atoms with Gasteiger partial charge in [0.15, 0.2) is 6.61 Å². The van der Waals surface area contributed by atoms with E-state index in [0.717, 1.165) is 24.6 Å². The molecule has 1 fully saturated rings. The van der Waals surface area contributed by atoms with Crippen LogP contribution in [0.5, 0.6) is 5.75 Å². The molecule has 1 aromatic rings. The number of aryl methyl sites for hydroxylation is 1. The number of pyridine rings is 1. The number of nitrogens with zero attached hydrogens (tertiary/aromatic N) is 2. The molecule has 0 aromatic carbocycles. The second-order valence-electron chi connectivity index (χ2n) is 4.13. The molecule has 0 bridgehead atoms. The van der Waals surface area contributed by atoms with E-state index in [-0.39, 0.29) is 6.61 Å². The van der Waals surface area contributed by atoms with Crippen molar-refractivity contribution in [3.8, 4) is 5.75 Å². The molecule has 0 saturated carbocycles. The summed E-state index contributed by atoms with van der Waals surface area (Å²) in [7, 11) is 0. The molecule has 5 nitrogen and oxygen atoms in total. The van der Waals surface area contributed by atoms with Crippen LogP contribution in [0.3, 0.4) is 0 Å². The fraction of sp³-hybridized carbons (Fsp3) is 0.500. The summed E-state index contributed by atoms with van der Waals surface area (Å²) in [6, 6.07) is 3.68. The highest BCUT2D eigenvalue weighted by Crippen LogP contribution is 2.23. The van der Waals surface area contributed by atoms with Gasteiger partial charge in [-0.25, -0.2) is 9.78 Å². The summed E-state index contributed by atoms with van der Waals surface area (Å²) < 4.78 is 5.14. The number of carboxylic acid groups (broad SMARTS) is 1. The van der Waals surface area contributed by atoms with Gasteiger partial charge >= 0.3 is 5.97 Å². The number of rotatable bonds is 4. The van der Waals surface area contributed by atoms with Gasteiger partial charge in [0.05, 0.1) is 5.69 Å². The molecule has 0 spiro atoms. The molecular formula is C12H16N2O3. The number of carbonyl (C=O) groups is 1. The minimum Gasteiger partial charge on any atom is -0.480 e. The number of ether oxygens (including phenoxy) is 1. The van der Waals surface area contributed by atoms with Crippen molar-refractivity contribution >= 4 is 11.8 Å². The smallest absolute Gasteiger partial charge is 0.341 e. The number of hydrogen-bond acceptors (Lipinski definition) is 4. The van der Waals surface area contributed by atoms with E-state index < -0.39 is 5.97 Å². The lowest BCUT2D eigenvalue weighted by Gasteiger charge is -2.17. The van der Waals surface area contributed by atoms with Crippen molar-refractivity contribution in [3.05, 3.63) is 17.8 Å². The maximum atomic E-state index is 10.4. The SMILES string of the molecule is Cc1nc(N2CCCC2)ccc1OCC(=O)O. The van der Waals surface area contributed by atoms with E-state index in [1.54, 1.807) is 6.07 Å². The lowest BCUT2D eigenvalue weighted by molar-refractivity contribution is -0.139. The summed E-state index contributed by atoms with van der Waals surface area (Å²) in [6.45, 7) is 3.59. The molecule has 1 aliphatic rings. The third-order valence-electron chi connectivity index (χ3n) is 2.80. The van der Waals surface area contributed by atoms with Gasteiger partial charge < -0.3 is 14.7 Å². The van der Waals surface area contributed by atoms with Crippen LogP contribution < -0.4 is 9.64 Å². The van der Waals surface area contributed by atoms with Crippen LogP contribution in [-0.4, -0.2) is 35.8 Å². The Morgan fingerprint density at radius 3 is 2.76 bits per heavy atom. The third kappa shape index (κ3) is 2.87. The fourth-order valence-electron chi connectivity index (χ4n) is 1.95. The van der Waals surface area contributed by atoms with E-state index in [0.29, 0.717) is 5.75 Å². The Hall–Kier alpha value is -1.78. The highest BCUT2D eigenvalue weighted by atomic mass is 16.5. The molecule has 5 heteroatoms. The van der Waals surface area contributed by atoms with E-state index in [1.807, 2.05) is 13.0 Å². The molecule has 1 saturated heterocycles. The van der Waals surface area contributed by atoms with Crippen molar-refractivity contribution < 1.29 is 14.6 Å². The predicted molar refractivity (Wildman–Crippen MR) is 63.6 cm³/mol. The van der Waals surface area contributed by atoms with Crippen molar-refractivity contribution in [1.82, 2.24) is 4.98 Å². The van der Waals surface area contributed by atoms with Gasteiger partial charge in [0, 0.05) is 13.1 Å². The molecule has 0 radical (unpaired) electrons. The molecular weight excluding hydrogens is 220 g/mol. The zero-order valence-corrected chi connectivity index (χ0v) is 9.85. The first-order valence-corrected chi connectivity index (χ1v) is 5.74. The number of anilines is 1. The van der Waals surface area contributed by atoms with E-state index in [1.165, 1.54) is 12.8 Å². The Bertz CT molecular complexity index is 414. The van der Waals surface area contributed by atoms with Crippen LogP contribution in [0.15, 0.2) is 12.1 Å². The number of aliphatic carboxylic acids is 1. The van der Waals surface area contributed by atoms with Crippen LogP contribution in [0.25, 0.3) is 0 Å². The molecule has 0 aliphatic carbocycles. The number of carboxylic acids is 1. The van der Waals surface area contributed by atoms with Crippen molar-refractivity contribution in [3.63, 3.8) is 0 Å². The minimum absolute atomic E-state index is 0.328. The van der Waals surface area contributed by atoms with Crippen LogP contribution in [0.2, 0.25) is 0 Å². The van der Waals surface area contributed by atoms with Crippen LogP contribution in [0.1, 0.15) is 18.5 Å². The first-order chi connectivity index (χ1) is 8.16. The zero-order valence-electron chi connectivity index (χ0n) is 9.85. The molecule has 1 aromatic heterocycles. The Morgan fingerprint density at radius 2 is 2.18 bits per heavy atom. The average Bonchev–Trinajstić information content (AvgIpc) is 2.80. The molecule has 0 atom stereocenters. The quantitative estimate of drug-likeness (QED) is 0.857. The average molecular weight is 236 g/mol. The molecule has 1 N–H and O–H groups in total. The summed E-state index contributed by atoms with van der Waals surface area (Å²) in [5, 5.41) is 8.54. The van der Waals surface area contributed by atoms with Crippen molar-refractivity contribution in [2.75, 3.05) is 24.6 Å². The van der Waals surface area contributed by atoms with Gasteiger partial charge in [-0.05, 0) is 31.9 Å². The first-order valence-electron chi connectivity index (χ1n) is 5.74. The van der Waals surface area contributed by atoms with Gasteiger partial charge in [-0.3, -0.25) is 0 Å². The van der Waals surface area contributed by atoms with Crippen LogP contribution in [0.4, 0.5) is 5.82 Å². The monoisotopic (exact) mass is 236 g/mol. The Balaban J connectivity index is 2.08. The van der Waals surface area contributed by atoms with Crippen LogP contribution in [0, 0.1) is 6.92 Å². The van der Waals surface area contributed by atoms with Crippen molar-refractivity contribution in [1.29, 1.82) is 0 Å². The molecule has 17 heavy (non-hydrogen) atoms. The van der Waals surface area contributed by atoms with E-state index >= 15 is 0 Å². The van der Waals surface area contributed by atoms with Gasteiger partial charge in [0.2, 0.25) is 0 Å². The van der Waals surface area contributed by atoms with Gasteiger partial charge in [0.25, 0.3) is 0 Å². The second kappa shape index (κ2) is 5.03. The molecule has 0 unspecified atom stereocenters. The highest BCUT2D eigenvalue weighted by molar-refractivity contribution is 5.68. The van der Waals surface area contributed by atoms with Gasteiger partial charge in [-0.15, -0.1) is 0 Å². The van der Waals surface area contributed by atoms with Crippen molar-refractivity contribution in [2.24, 2.45) is 0 Å². The summed E-state index contributed by atoms with van der Waals surface area (Å²) in [4.78, 5) is 17.1. The standard InChI is InChI=1S/C12H16N2O3/c1-9-10(17-8-12(15)16)4-5-11(13-9)14-6-2-3-7-14/h4-5H,2-3,6-8H2,1H3,(H,15,16). The predicted octanol–water partition coefficient (Wildman–Crippen LogP) is 1.45. The maximum absolute atomic E-state index is 10.4. The summed E-state index contributed by atoms with van der Waals surface area (Å²) in [5.74, 6) is 0.506. The summed E-state index contributed by atoms with van der Waals surface area (Å²) in [5.41, 5.74) is 0.732. The highest BCUT2D eigenvalue weighted by Gasteiger charge is 2.14. The van der Waals surface area contributed by atoms with Crippen LogP contribution >= 0.6 is 0 Å². The Morgan fingerprint density at radius 1 is 1.47 bits per heavy atom. The summed E-state index contributed by atoms with van der Waals surface area (Å²) >= 11 is 0. The first kappa shape index (κ1) is 11.7. The van der Waals surface area contributed by atoms with Gasteiger partial charge in [0.1, 0.15) is 11.6 Å². The van der Waals surface area contributed by atoms with E-state index in [2.05, 4.69) is 9.88 Å². The normalized spacial score (nSPS) is 15.0. The lowest BCUT2D eigenvalue weighted by Crippen LogP contribution is -2.19. The zero-order chi connectivity index (χ0) is 12.3. The fourth-order valence-corrected chi connectivity index (χ4v) is 1.95. The van der Waals surface area contributed by atoms with Crippen molar-refractivity contribution in [2.45, 2.75) is 19.8 Å². The lowest BCUT2D eigenvalue weighted by atomic mass is 10.3. The third-order valence-corrected chi connectivity index (χ3v) is 2.80. The van der Waals surface area contributed by atoms with Gasteiger partial charge in [-0.1, -0.05) is 0 Å². The van der Waals surface area contributed by atoms with E-state index in [9.17, 15) is 4.79 Å². The molecule has 1 aliphatic heterocycles. The molecule has 2 heterocycles. The maximum Gasteiger partial charge on any atom is 0.341 e. The van der Waals surface area contributed by atoms with E-state index in [4.69, 9.17) is 9.84 Å². The molecule has 0 amide bonds. The Kier molecular flexibility index (Phi) is 3.46. The topological polar surface area (TPSA) is 62.7 Å². The van der Waals surface area contributed by atoms with Gasteiger partial charge in [-0.2, -0.15) is 0 Å². The minimum atomic E-state index is -0.979. The van der Waals surface area contributed by atoms with Crippen LogP contribution in [-0.2, 0) is 4.79 Å². The summed E-state index contributed by atoms with van der Waals surface area (Å²) in [6.07, 6.45) is 2.41. The Labute approximate surface area is 100 Å². The second-order valence-corrected chi connectivity index (χ2v) is 4.13. The largest absolute Gasteiger partial charge is 0.480 e.